The van der Waals surface area contributed by atoms with Crippen molar-refractivity contribution in [2.75, 3.05) is 5.32 Å². The minimum atomic E-state index is -0.531. The zero-order valence-corrected chi connectivity index (χ0v) is 11.3. The molecule has 1 amide bonds. The van der Waals surface area contributed by atoms with Crippen LogP contribution in [0.1, 0.15) is 10.5 Å². The van der Waals surface area contributed by atoms with Crippen molar-refractivity contribution in [3.63, 3.8) is 0 Å². The van der Waals surface area contributed by atoms with Crippen molar-refractivity contribution in [3.8, 4) is 5.75 Å². The molecule has 0 fully saturated rings. The standard InChI is InChI=1S/C14H9ClFN3O2/c15-8-1-3-12(20)10(5-8)18-14(21)11-7-19-6-9(16)2-4-13(19)17-11/h1-7,20H,(H,18,21). The maximum Gasteiger partial charge on any atom is 0.275 e. The highest BCUT2D eigenvalue weighted by Crippen LogP contribution is 2.26. The van der Waals surface area contributed by atoms with E-state index in [0.29, 0.717) is 10.7 Å². The van der Waals surface area contributed by atoms with Gasteiger partial charge in [-0.1, -0.05) is 11.6 Å². The lowest BCUT2D eigenvalue weighted by atomic mass is 10.3. The van der Waals surface area contributed by atoms with Crippen LogP contribution in [0, 0.1) is 5.82 Å². The first-order chi connectivity index (χ1) is 10.0. The van der Waals surface area contributed by atoms with Crippen LogP contribution >= 0.6 is 11.6 Å². The molecule has 3 aromatic rings. The van der Waals surface area contributed by atoms with E-state index in [9.17, 15) is 14.3 Å². The van der Waals surface area contributed by atoms with Crippen LogP contribution in [-0.2, 0) is 0 Å². The van der Waals surface area contributed by atoms with Gasteiger partial charge in [0.25, 0.3) is 5.91 Å². The molecule has 0 radical (unpaired) electrons. The number of nitrogens with one attached hydrogen (secondary N) is 1. The van der Waals surface area contributed by atoms with Gasteiger partial charge in [-0.2, -0.15) is 0 Å². The van der Waals surface area contributed by atoms with Gasteiger partial charge < -0.3 is 14.8 Å². The predicted octanol–water partition coefficient (Wildman–Crippen LogP) is 3.08. The number of carbonyl (C=O) groups is 1. The zero-order chi connectivity index (χ0) is 15.0. The molecule has 7 heteroatoms. The average molecular weight is 306 g/mol. The Morgan fingerprint density at radius 3 is 2.90 bits per heavy atom. The van der Waals surface area contributed by atoms with Gasteiger partial charge in [0, 0.05) is 17.4 Å². The average Bonchev–Trinajstić information content (AvgIpc) is 2.86. The van der Waals surface area contributed by atoms with Crippen LogP contribution in [0.4, 0.5) is 10.1 Å². The molecule has 0 spiro atoms. The molecule has 0 unspecified atom stereocenters. The number of amides is 1. The number of hydrogen-bond acceptors (Lipinski definition) is 3. The van der Waals surface area contributed by atoms with Gasteiger partial charge in [-0.25, -0.2) is 9.37 Å². The van der Waals surface area contributed by atoms with Gasteiger partial charge in [-0.3, -0.25) is 4.79 Å². The number of halogens is 2. The third-order valence-electron chi connectivity index (χ3n) is 2.85. The van der Waals surface area contributed by atoms with Crippen LogP contribution in [0.15, 0.2) is 42.7 Å². The SMILES string of the molecule is O=C(Nc1cc(Cl)ccc1O)c1cn2cc(F)ccc2n1. The van der Waals surface area contributed by atoms with Crippen molar-refractivity contribution in [1.82, 2.24) is 9.38 Å². The van der Waals surface area contributed by atoms with Gasteiger partial charge in [0.2, 0.25) is 0 Å². The molecular formula is C14H9ClFN3O2. The van der Waals surface area contributed by atoms with Crippen LogP contribution in [0.2, 0.25) is 5.02 Å². The topological polar surface area (TPSA) is 66.6 Å². The number of rotatable bonds is 2. The summed E-state index contributed by atoms with van der Waals surface area (Å²) in [5.41, 5.74) is 0.715. The van der Waals surface area contributed by atoms with Gasteiger partial charge in [-0.05, 0) is 30.3 Å². The lowest BCUT2D eigenvalue weighted by Gasteiger charge is -2.05. The Labute approximate surface area is 123 Å². The quantitative estimate of drug-likeness (QED) is 0.715. The lowest BCUT2D eigenvalue weighted by molar-refractivity contribution is 0.102. The summed E-state index contributed by atoms with van der Waals surface area (Å²) in [6.07, 6.45) is 2.62. The molecule has 0 aliphatic rings. The number of phenolic OH excluding ortho intramolecular Hbond substituents is 1. The number of fused-ring (bicyclic) bond motifs is 1. The molecule has 106 valence electrons. The fourth-order valence-electron chi connectivity index (χ4n) is 1.87. The van der Waals surface area contributed by atoms with Gasteiger partial charge in [0.1, 0.15) is 22.9 Å². The first-order valence-corrected chi connectivity index (χ1v) is 6.35. The van der Waals surface area contributed by atoms with E-state index in [0.717, 1.165) is 0 Å². The second kappa shape index (κ2) is 5.06. The highest BCUT2D eigenvalue weighted by atomic mass is 35.5. The maximum atomic E-state index is 13.1. The number of imidazole rings is 1. The second-order valence-electron chi connectivity index (χ2n) is 4.35. The van der Waals surface area contributed by atoms with E-state index in [4.69, 9.17) is 11.6 Å². The molecule has 5 nitrogen and oxygen atoms in total. The number of carbonyl (C=O) groups excluding carboxylic acids is 1. The third kappa shape index (κ3) is 2.66. The highest BCUT2D eigenvalue weighted by molar-refractivity contribution is 6.31. The van der Waals surface area contributed by atoms with Crippen molar-refractivity contribution >= 4 is 28.8 Å². The highest BCUT2D eigenvalue weighted by Gasteiger charge is 2.13. The Morgan fingerprint density at radius 1 is 1.29 bits per heavy atom. The molecule has 0 atom stereocenters. The monoisotopic (exact) mass is 305 g/mol. The largest absolute Gasteiger partial charge is 0.506 e. The van der Waals surface area contributed by atoms with Crippen LogP contribution in [0.25, 0.3) is 5.65 Å². The van der Waals surface area contributed by atoms with Crippen molar-refractivity contribution in [2.45, 2.75) is 0 Å². The van der Waals surface area contributed by atoms with Crippen LogP contribution in [0.5, 0.6) is 5.75 Å². The molecule has 3 rings (SSSR count). The fraction of sp³-hybridized carbons (Fsp3) is 0. The smallest absolute Gasteiger partial charge is 0.275 e. The minimum absolute atomic E-state index is 0.0972. The normalized spacial score (nSPS) is 10.8. The van der Waals surface area contributed by atoms with Gasteiger partial charge in [0.15, 0.2) is 0 Å². The summed E-state index contributed by atoms with van der Waals surface area (Å²) in [4.78, 5) is 16.2. The van der Waals surface area contributed by atoms with Crippen molar-refractivity contribution in [1.29, 1.82) is 0 Å². The molecule has 0 bridgehead atoms. The van der Waals surface area contributed by atoms with E-state index < -0.39 is 11.7 Å². The molecule has 0 aliphatic carbocycles. The molecule has 2 aromatic heterocycles. The Bertz CT molecular complexity index is 847. The summed E-state index contributed by atoms with van der Waals surface area (Å²) in [6, 6.07) is 7.01. The van der Waals surface area contributed by atoms with E-state index in [2.05, 4.69) is 10.3 Å². The Morgan fingerprint density at radius 2 is 2.10 bits per heavy atom. The number of nitrogens with zero attached hydrogens (tertiary/aromatic N) is 2. The van der Waals surface area contributed by atoms with E-state index in [-0.39, 0.29) is 17.1 Å². The summed E-state index contributed by atoms with van der Waals surface area (Å²) in [7, 11) is 0. The number of hydrogen-bond donors (Lipinski definition) is 2. The third-order valence-corrected chi connectivity index (χ3v) is 3.09. The van der Waals surface area contributed by atoms with Gasteiger partial charge in [0.05, 0.1) is 5.69 Å². The van der Waals surface area contributed by atoms with Crippen LogP contribution < -0.4 is 5.32 Å². The molecule has 0 aliphatic heterocycles. The van der Waals surface area contributed by atoms with Crippen LogP contribution in [0.3, 0.4) is 0 Å². The fourth-order valence-corrected chi connectivity index (χ4v) is 2.04. The molecule has 1 aromatic carbocycles. The van der Waals surface area contributed by atoms with Crippen molar-refractivity contribution in [3.05, 3.63) is 59.3 Å². The molecule has 2 heterocycles. The Balaban J connectivity index is 1.91. The van der Waals surface area contributed by atoms with E-state index in [1.165, 1.54) is 47.1 Å². The molecule has 21 heavy (non-hydrogen) atoms. The lowest BCUT2D eigenvalue weighted by Crippen LogP contribution is -2.12. The molecular weight excluding hydrogens is 297 g/mol. The van der Waals surface area contributed by atoms with E-state index in [1.807, 2.05) is 0 Å². The summed E-state index contributed by atoms with van der Waals surface area (Å²) in [6.45, 7) is 0. The summed E-state index contributed by atoms with van der Waals surface area (Å²) in [5, 5.41) is 12.5. The number of aromatic nitrogens is 2. The number of phenols is 1. The first kappa shape index (κ1) is 13.4. The maximum absolute atomic E-state index is 13.1. The number of anilines is 1. The molecule has 2 N–H and O–H groups in total. The van der Waals surface area contributed by atoms with Gasteiger partial charge >= 0.3 is 0 Å². The Hall–Kier alpha value is -2.60. The minimum Gasteiger partial charge on any atom is -0.506 e. The summed E-state index contributed by atoms with van der Waals surface area (Å²) in [5.74, 6) is -1.07. The van der Waals surface area contributed by atoms with Crippen molar-refractivity contribution < 1.29 is 14.3 Å². The molecule has 0 saturated heterocycles. The summed E-state index contributed by atoms with van der Waals surface area (Å²) < 4.78 is 14.5. The Kier molecular flexibility index (Phi) is 3.23. The molecule has 0 saturated carbocycles. The van der Waals surface area contributed by atoms with E-state index in [1.54, 1.807) is 0 Å². The number of pyridine rings is 1. The second-order valence-corrected chi connectivity index (χ2v) is 4.79. The van der Waals surface area contributed by atoms with E-state index >= 15 is 0 Å². The predicted molar refractivity (Wildman–Crippen MR) is 76.2 cm³/mol. The number of benzene rings is 1. The van der Waals surface area contributed by atoms with Gasteiger partial charge in [-0.15, -0.1) is 0 Å². The number of aromatic hydroxyl groups is 1. The zero-order valence-electron chi connectivity index (χ0n) is 10.5. The first-order valence-electron chi connectivity index (χ1n) is 5.97. The summed E-state index contributed by atoms with van der Waals surface area (Å²) >= 11 is 5.80. The van der Waals surface area contributed by atoms with Crippen LogP contribution in [-0.4, -0.2) is 20.4 Å². The van der Waals surface area contributed by atoms with Crippen molar-refractivity contribution in [2.24, 2.45) is 0 Å².